The zero-order chi connectivity index (χ0) is 16.8. The molecule has 0 aliphatic carbocycles. The topological polar surface area (TPSA) is 67.3 Å². The predicted molar refractivity (Wildman–Crippen MR) is 83.4 cm³/mol. The average molecular weight is 318 g/mol. The van der Waals surface area contributed by atoms with Gasteiger partial charge in [0.1, 0.15) is 0 Å². The van der Waals surface area contributed by atoms with Crippen LogP contribution in [-0.4, -0.2) is 25.1 Å². The van der Waals surface area contributed by atoms with Crippen LogP contribution in [0, 0.1) is 0 Å². The van der Waals surface area contributed by atoms with Gasteiger partial charge in [0.2, 0.25) is 0 Å². The van der Waals surface area contributed by atoms with Crippen LogP contribution in [-0.2, 0) is 6.18 Å². The first kappa shape index (κ1) is 20.3. The minimum Gasteiger partial charge on any atom is -0.403 e. The molecule has 1 saturated heterocycles. The van der Waals surface area contributed by atoms with Crippen LogP contribution < -0.4 is 16.9 Å². The molecule has 1 fully saturated rings. The number of nitrogens with zero attached hydrogens (tertiary/aromatic N) is 1. The SMILES string of the molecule is C1CCNCC1.CN(N)/C=C\N.FC(F)(F)c1ccccc1. The van der Waals surface area contributed by atoms with Crippen LogP contribution in [0.5, 0.6) is 0 Å². The molecular formula is C15H25F3N4. The maximum Gasteiger partial charge on any atom is 0.416 e. The van der Waals surface area contributed by atoms with E-state index >= 15 is 0 Å². The summed E-state index contributed by atoms with van der Waals surface area (Å²) in [5, 5.41) is 4.66. The molecule has 5 N–H and O–H groups in total. The Hall–Kier alpha value is -1.73. The number of hydrogen-bond acceptors (Lipinski definition) is 4. The van der Waals surface area contributed by atoms with Crippen molar-refractivity contribution in [1.82, 2.24) is 10.3 Å². The fourth-order valence-electron chi connectivity index (χ4n) is 1.56. The van der Waals surface area contributed by atoms with Crippen molar-refractivity contribution in [2.24, 2.45) is 11.6 Å². The van der Waals surface area contributed by atoms with Crippen molar-refractivity contribution in [3.63, 3.8) is 0 Å². The van der Waals surface area contributed by atoms with Crippen LogP contribution in [0.2, 0.25) is 0 Å². The summed E-state index contributed by atoms with van der Waals surface area (Å²) in [5.41, 5.74) is 4.33. The second-order valence-electron chi connectivity index (χ2n) is 4.68. The summed E-state index contributed by atoms with van der Waals surface area (Å²) in [4.78, 5) is 0. The molecule has 0 saturated carbocycles. The minimum absolute atomic E-state index is 0.602. The van der Waals surface area contributed by atoms with E-state index < -0.39 is 11.7 Å². The van der Waals surface area contributed by atoms with E-state index in [4.69, 9.17) is 11.6 Å². The molecule has 126 valence electrons. The van der Waals surface area contributed by atoms with Crippen molar-refractivity contribution in [3.8, 4) is 0 Å². The summed E-state index contributed by atoms with van der Waals surface area (Å²) in [6, 6.07) is 6.36. The molecule has 0 atom stereocenters. The number of nitrogens with one attached hydrogen (secondary N) is 1. The quantitative estimate of drug-likeness (QED) is 0.550. The smallest absolute Gasteiger partial charge is 0.403 e. The Kier molecular flexibility index (Phi) is 10.9. The fourth-order valence-corrected chi connectivity index (χ4v) is 1.56. The number of piperidine rings is 1. The first-order valence-electron chi connectivity index (χ1n) is 7.07. The minimum atomic E-state index is -4.21. The summed E-state index contributed by atoms with van der Waals surface area (Å²) in [7, 11) is 1.70. The van der Waals surface area contributed by atoms with Gasteiger partial charge >= 0.3 is 6.18 Å². The van der Waals surface area contributed by atoms with E-state index in [0.29, 0.717) is 0 Å². The third-order valence-electron chi connectivity index (χ3n) is 2.63. The molecule has 1 aromatic rings. The molecule has 0 unspecified atom stereocenters. The lowest BCUT2D eigenvalue weighted by atomic mass is 10.2. The van der Waals surface area contributed by atoms with Gasteiger partial charge in [0.05, 0.1) is 5.56 Å². The Labute approximate surface area is 129 Å². The van der Waals surface area contributed by atoms with Gasteiger partial charge in [-0.1, -0.05) is 36.8 Å². The fraction of sp³-hybridized carbons (Fsp3) is 0.467. The third kappa shape index (κ3) is 12.0. The number of nitrogens with two attached hydrogens (primary N) is 2. The molecule has 0 bridgehead atoms. The molecule has 22 heavy (non-hydrogen) atoms. The Morgan fingerprint density at radius 1 is 1.09 bits per heavy atom. The van der Waals surface area contributed by atoms with Crippen LogP contribution in [0.4, 0.5) is 13.2 Å². The highest BCUT2D eigenvalue weighted by atomic mass is 19.4. The summed E-state index contributed by atoms with van der Waals surface area (Å²) in [5.74, 6) is 5.07. The van der Waals surface area contributed by atoms with Crippen LogP contribution >= 0.6 is 0 Å². The number of hydrogen-bond donors (Lipinski definition) is 3. The summed E-state index contributed by atoms with van der Waals surface area (Å²) in [6.07, 6.45) is 2.94. The highest BCUT2D eigenvalue weighted by molar-refractivity contribution is 5.17. The maximum atomic E-state index is 11.8. The van der Waals surface area contributed by atoms with Crippen molar-refractivity contribution in [2.45, 2.75) is 25.4 Å². The summed E-state index contributed by atoms with van der Waals surface area (Å²) >= 11 is 0. The molecule has 0 radical (unpaired) electrons. The molecular weight excluding hydrogens is 293 g/mol. The van der Waals surface area contributed by atoms with Crippen molar-refractivity contribution in [2.75, 3.05) is 20.1 Å². The van der Waals surface area contributed by atoms with Gasteiger partial charge in [-0.15, -0.1) is 0 Å². The van der Waals surface area contributed by atoms with E-state index in [9.17, 15) is 13.2 Å². The standard InChI is InChI=1S/C7H5F3.C5H11N.C3H9N3/c8-7(9,10)6-4-2-1-3-5-6;1-2-4-6-5-3-1;1-6(5)3-2-4/h1-5H;6H,1-5H2;2-3H,4-5H2,1H3/b;;3-2-. The van der Waals surface area contributed by atoms with E-state index in [1.807, 2.05) is 0 Å². The van der Waals surface area contributed by atoms with E-state index in [1.165, 1.54) is 55.7 Å². The Balaban J connectivity index is 0.000000319. The molecule has 1 aromatic carbocycles. The van der Waals surface area contributed by atoms with Crippen LogP contribution in [0.25, 0.3) is 0 Å². The van der Waals surface area contributed by atoms with Gasteiger partial charge in [0.15, 0.2) is 0 Å². The van der Waals surface area contributed by atoms with E-state index in [2.05, 4.69) is 5.32 Å². The van der Waals surface area contributed by atoms with Crippen molar-refractivity contribution in [3.05, 3.63) is 48.3 Å². The number of alkyl halides is 3. The van der Waals surface area contributed by atoms with Gasteiger partial charge < -0.3 is 16.1 Å². The lowest BCUT2D eigenvalue weighted by Crippen LogP contribution is -2.21. The largest absolute Gasteiger partial charge is 0.416 e. The van der Waals surface area contributed by atoms with E-state index in [1.54, 1.807) is 19.3 Å². The average Bonchev–Trinajstić information content (AvgIpc) is 2.50. The van der Waals surface area contributed by atoms with Gasteiger partial charge in [-0.3, -0.25) is 0 Å². The van der Waals surface area contributed by atoms with Gasteiger partial charge in [-0.25, -0.2) is 5.84 Å². The van der Waals surface area contributed by atoms with Crippen LogP contribution in [0.1, 0.15) is 24.8 Å². The Morgan fingerprint density at radius 3 is 1.82 bits per heavy atom. The third-order valence-corrected chi connectivity index (χ3v) is 2.63. The zero-order valence-electron chi connectivity index (χ0n) is 12.8. The van der Waals surface area contributed by atoms with Crippen molar-refractivity contribution < 1.29 is 13.2 Å². The molecule has 7 heteroatoms. The van der Waals surface area contributed by atoms with Gasteiger partial charge in [0.25, 0.3) is 0 Å². The molecule has 1 aliphatic heterocycles. The first-order valence-corrected chi connectivity index (χ1v) is 7.07. The molecule has 0 amide bonds. The van der Waals surface area contributed by atoms with Gasteiger partial charge in [-0.05, 0) is 25.9 Å². The highest BCUT2D eigenvalue weighted by Gasteiger charge is 2.29. The highest BCUT2D eigenvalue weighted by Crippen LogP contribution is 2.28. The van der Waals surface area contributed by atoms with Crippen molar-refractivity contribution >= 4 is 0 Å². The lowest BCUT2D eigenvalue weighted by Gasteiger charge is -2.08. The second kappa shape index (κ2) is 11.9. The van der Waals surface area contributed by atoms with Gasteiger partial charge in [-0.2, -0.15) is 13.2 Å². The number of hydrazine groups is 1. The molecule has 1 heterocycles. The normalized spacial score (nSPS) is 14.4. The predicted octanol–water partition coefficient (Wildman–Crippen LogP) is 2.69. The van der Waals surface area contributed by atoms with Crippen LogP contribution in [0.3, 0.4) is 0 Å². The monoisotopic (exact) mass is 318 g/mol. The molecule has 4 nitrogen and oxygen atoms in total. The molecule has 0 aromatic heterocycles. The Morgan fingerprint density at radius 2 is 1.64 bits per heavy atom. The second-order valence-corrected chi connectivity index (χ2v) is 4.68. The van der Waals surface area contributed by atoms with Crippen molar-refractivity contribution in [1.29, 1.82) is 0 Å². The zero-order valence-corrected chi connectivity index (χ0v) is 12.8. The number of rotatable bonds is 1. The van der Waals surface area contributed by atoms with E-state index in [-0.39, 0.29) is 0 Å². The first-order chi connectivity index (χ1) is 10.4. The molecule has 1 aliphatic rings. The van der Waals surface area contributed by atoms with Gasteiger partial charge in [0, 0.05) is 19.4 Å². The molecule has 0 spiro atoms. The maximum absolute atomic E-state index is 11.8. The molecule has 2 rings (SSSR count). The number of halogens is 3. The summed E-state index contributed by atoms with van der Waals surface area (Å²) in [6.45, 7) is 2.50. The van der Waals surface area contributed by atoms with Crippen LogP contribution in [0.15, 0.2) is 42.7 Å². The number of benzene rings is 1. The lowest BCUT2D eigenvalue weighted by molar-refractivity contribution is -0.137. The van der Waals surface area contributed by atoms with E-state index in [0.717, 1.165) is 12.1 Å². The summed E-state index contributed by atoms with van der Waals surface area (Å²) < 4.78 is 35.4. The Bertz CT molecular complexity index is 376.